The zero-order chi connectivity index (χ0) is 18.4. The molecule has 1 aromatic rings. The molecule has 0 bridgehead atoms. The highest BCUT2D eigenvalue weighted by Crippen LogP contribution is 2.40. The highest BCUT2D eigenvalue weighted by atomic mass is 16.5. The van der Waals surface area contributed by atoms with Crippen molar-refractivity contribution in [1.29, 1.82) is 0 Å². The Kier molecular flexibility index (Phi) is 6.67. The lowest BCUT2D eigenvalue weighted by molar-refractivity contribution is -0.134. The van der Waals surface area contributed by atoms with Gasteiger partial charge in [0, 0.05) is 19.6 Å². The van der Waals surface area contributed by atoms with Gasteiger partial charge in [-0.05, 0) is 44.4 Å². The van der Waals surface area contributed by atoms with Crippen molar-refractivity contribution in [2.24, 2.45) is 11.8 Å². The van der Waals surface area contributed by atoms with E-state index in [-0.39, 0.29) is 23.7 Å². The largest absolute Gasteiger partial charge is 0.493 e. The maximum atomic E-state index is 12.2. The van der Waals surface area contributed by atoms with Crippen LogP contribution >= 0.6 is 0 Å². The molecule has 1 N–H and O–H groups in total. The molecule has 1 fully saturated rings. The molecular weight excluding hydrogens is 320 g/mol. The summed E-state index contributed by atoms with van der Waals surface area (Å²) in [5.74, 6) is 1.14. The van der Waals surface area contributed by atoms with Crippen LogP contribution in [0, 0.1) is 11.8 Å². The molecule has 1 aliphatic rings. The molecule has 0 aliphatic heterocycles. The number of benzene rings is 1. The molecule has 1 aliphatic carbocycles. The molecule has 25 heavy (non-hydrogen) atoms. The number of nitrogens with zero attached hydrogens (tertiary/aromatic N) is 1. The molecule has 0 radical (unpaired) electrons. The third kappa shape index (κ3) is 4.65. The zero-order valence-corrected chi connectivity index (χ0v) is 15.5. The van der Waals surface area contributed by atoms with E-state index in [9.17, 15) is 9.59 Å². The number of rotatable bonds is 9. The minimum atomic E-state index is -0.168. The summed E-state index contributed by atoms with van der Waals surface area (Å²) in [6, 6.07) is 5.72. The molecule has 1 aromatic carbocycles. The van der Waals surface area contributed by atoms with Gasteiger partial charge < -0.3 is 19.7 Å². The fourth-order valence-electron chi connectivity index (χ4n) is 3.02. The van der Waals surface area contributed by atoms with E-state index in [1.54, 1.807) is 19.1 Å². The van der Waals surface area contributed by atoms with Crippen LogP contribution in [0.3, 0.4) is 0 Å². The summed E-state index contributed by atoms with van der Waals surface area (Å²) in [6.07, 6.45) is 1.37. The number of hydrogen-bond acceptors (Lipinski definition) is 4. The fraction of sp³-hybridized carbons (Fsp3) is 0.579. The number of methoxy groups -OCH3 is 2. The number of carbonyl (C=O) groups is 2. The molecule has 0 heterocycles. The van der Waals surface area contributed by atoms with Crippen molar-refractivity contribution < 1.29 is 19.1 Å². The van der Waals surface area contributed by atoms with Crippen molar-refractivity contribution in [3.05, 3.63) is 23.8 Å². The maximum Gasteiger partial charge on any atom is 0.226 e. The van der Waals surface area contributed by atoms with E-state index in [1.807, 2.05) is 32.0 Å². The van der Waals surface area contributed by atoms with Crippen molar-refractivity contribution >= 4 is 11.8 Å². The van der Waals surface area contributed by atoms with E-state index in [4.69, 9.17) is 9.47 Å². The number of nitrogens with one attached hydrogen (secondary N) is 1. The summed E-state index contributed by atoms with van der Waals surface area (Å²) in [7, 11) is 3.20. The fourth-order valence-corrected chi connectivity index (χ4v) is 3.02. The monoisotopic (exact) mass is 348 g/mol. The zero-order valence-electron chi connectivity index (χ0n) is 15.5. The third-order valence-corrected chi connectivity index (χ3v) is 4.68. The molecule has 0 saturated heterocycles. The Morgan fingerprint density at radius 3 is 2.40 bits per heavy atom. The second kappa shape index (κ2) is 8.74. The van der Waals surface area contributed by atoms with Gasteiger partial charge in [-0.25, -0.2) is 0 Å². The molecule has 1 saturated carbocycles. The van der Waals surface area contributed by atoms with Crippen molar-refractivity contribution in [3.8, 4) is 11.5 Å². The standard InChI is InChI=1S/C19H28N2O4/c1-5-21(6-2)19(23)15-12-14(15)18(22)20-10-9-13-7-8-16(24-3)17(11-13)25-4/h7-8,11,14-15H,5-6,9-10,12H2,1-4H3,(H,20,22). The topological polar surface area (TPSA) is 67.9 Å². The molecule has 0 aromatic heterocycles. The van der Waals surface area contributed by atoms with E-state index in [0.29, 0.717) is 44.0 Å². The molecule has 6 nitrogen and oxygen atoms in total. The minimum Gasteiger partial charge on any atom is -0.493 e. The van der Waals surface area contributed by atoms with Crippen LogP contribution in [0.5, 0.6) is 11.5 Å². The molecule has 2 atom stereocenters. The molecule has 0 spiro atoms. The Morgan fingerprint density at radius 2 is 1.80 bits per heavy atom. The highest BCUT2D eigenvalue weighted by molar-refractivity contribution is 5.92. The van der Waals surface area contributed by atoms with Crippen molar-refractivity contribution in [2.75, 3.05) is 33.9 Å². The van der Waals surface area contributed by atoms with Crippen LogP contribution in [0.15, 0.2) is 18.2 Å². The summed E-state index contributed by atoms with van der Waals surface area (Å²) in [5.41, 5.74) is 1.06. The molecule has 6 heteroatoms. The third-order valence-electron chi connectivity index (χ3n) is 4.68. The quantitative estimate of drug-likeness (QED) is 0.740. The highest BCUT2D eigenvalue weighted by Gasteiger charge is 2.48. The van der Waals surface area contributed by atoms with Crippen molar-refractivity contribution in [3.63, 3.8) is 0 Å². The number of carbonyl (C=O) groups excluding carboxylic acids is 2. The van der Waals surface area contributed by atoms with Gasteiger partial charge in [-0.1, -0.05) is 6.07 Å². The van der Waals surface area contributed by atoms with E-state index >= 15 is 0 Å². The van der Waals surface area contributed by atoms with Gasteiger partial charge in [0.05, 0.1) is 26.1 Å². The first-order chi connectivity index (χ1) is 12.0. The Bertz CT molecular complexity index is 613. The first kappa shape index (κ1) is 19.1. The summed E-state index contributed by atoms with van der Waals surface area (Å²) in [4.78, 5) is 26.2. The van der Waals surface area contributed by atoms with Crippen LogP contribution in [-0.2, 0) is 16.0 Å². The smallest absolute Gasteiger partial charge is 0.226 e. The van der Waals surface area contributed by atoms with Gasteiger partial charge in [-0.15, -0.1) is 0 Å². The van der Waals surface area contributed by atoms with Gasteiger partial charge in [-0.2, -0.15) is 0 Å². The molecular formula is C19H28N2O4. The predicted molar refractivity (Wildman–Crippen MR) is 95.8 cm³/mol. The van der Waals surface area contributed by atoms with Gasteiger partial charge in [0.25, 0.3) is 0 Å². The van der Waals surface area contributed by atoms with Crippen molar-refractivity contribution in [2.45, 2.75) is 26.7 Å². The van der Waals surface area contributed by atoms with Gasteiger partial charge in [0.2, 0.25) is 11.8 Å². The molecule has 2 unspecified atom stereocenters. The first-order valence-corrected chi connectivity index (χ1v) is 8.83. The van der Waals surface area contributed by atoms with E-state index < -0.39 is 0 Å². The minimum absolute atomic E-state index is 0.0222. The number of amides is 2. The lowest BCUT2D eigenvalue weighted by Gasteiger charge is -2.18. The van der Waals surface area contributed by atoms with E-state index in [2.05, 4.69) is 5.32 Å². The van der Waals surface area contributed by atoms with Crippen LogP contribution in [0.25, 0.3) is 0 Å². The van der Waals surface area contributed by atoms with E-state index in [0.717, 1.165) is 5.56 Å². The normalized spacial score (nSPS) is 18.4. The summed E-state index contributed by atoms with van der Waals surface area (Å²) >= 11 is 0. The van der Waals surface area contributed by atoms with Crippen LogP contribution in [0.2, 0.25) is 0 Å². The average molecular weight is 348 g/mol. The van der Waals surface area contributed by atoms with Gasteiger partial charge in [-0.3, -0.25) is 9.59 Å². The van der Waals surface area contributed by atoms with Crippen molar-refractivity contribution in [1.82, 2.24) is 10.2 Å². The second-order valence-electron chi connectivity index (χ2n) is 6.19. The van der Waals surface area contributed by atoms with Gasteiger partial charge in [0.1, 0.15) is 0 Å². The molecule has 138 valence electrons. The summed E-state index contributed by atoms with van der Waals surface area (Å²) in [6.45, 7) is 5.85. The van der Waals surface area contributed by atoms with E-state index in [1.165, 1.54) is 0 Å². The van der Waals surface area contributed by atoms with Gasteiger partial charge in [0.15, 0.2) is 11.5 Å². The van der Waals surface area contributed by atoms with Crippen LogP contribution in [0.4, 0.5) is 0 Å². The molecule has 2 rings (SSSR count). The number of hydrogen-bond donors (Lipinski definition) is 1. The Morgan fingerprint density at radius 1 is 1.12 bits per heavy atom. The maximum absolute atomic E-state index is 12.2. The Balaban J connectivity index is 1.79. The van der Waals surface area contributed by atoms with Crippen LogP contribution < -0.4 is 14.8 Å². The Labute approximate surface area is 149 Å². The SMILES string of the molecule is CCN(CC)C(=O)C1CC1C(=O)NCCc1ccc(OC)c(OC)c1. The first-order valence-electron chi connectivity index (χ1n) is 8.83. The van der Waals surface area contributed by atoms with Gasteiger partial charge >= 0.3 is 0 Å². The average Bonchev–Trinajstić information content (AvgIpc) is 3.43. The molecule has 2 amide bonds. The van der Waals surface area contributed by atoms with Crippen LogP contribution in [0.1, 0.15) is 25.8 Å². The lowest BCUT2D eigenvalue weighted by atomic mass is 10.1. The summed E-state index contributed by atoms with van der Waals surface area (Å²) < 4.78 is 10.5. The lowest BCUT2D eigenvalue weighted by Crippen LogP contribution is -2.34. The Hall–Kier alpha value is -2.24. The number of ether oxygens (including phenoxy) is 2. The van der Waals surface area contributed by atoms with Crippen LogP contribution in [-0.4, -0.2) is 50.6 Å². The predicted octanol–water partition coefficient (Wildman–Crippen LogP) is 1.87. The summed E-state index contributed by atoms with van der Waals surface area (Å²) in [5, 5.41) is 2.94. The second-order valence-corrected chi connectivity index (χ2v) is 6.19.